The number of hydrogen-bond acceptors (Lipinski definition) is 4. The third-order valence-electron chi connectivity index (χ3n) is 4.02. The molecule has 0 saturated carbocycles. The normalized spacial score (nSPS) is 10.7. The number of carbonyl (C=O) groups is 2. The highest BCUT2D eigenvalue weighted by Crippen LogP contribution is 2.27. The Balaban J connectivity index is 2.05. The molecule has 6 heteroatoms. The predicted molar refractivity (Wildman–Crippen MR) is 107 cm³/mol. The number of para-hydroxylation sites is 1. The van der Waals surface area contributed by atoms with Crippen molar-refractivity contribution in [2.45, 2.75) is 25.3 Å². The number of nitrogens with two attached hydrogens (primary N) is 1. The van der Waals surface area contributed by atoms with Gasteiger partial charge in [-0.25, -0.2) is 0 Å². The van der Waals surface area contributed by atoms with E-state index in [1.54, 1.807) is 0 Å². The first-order chi connectivity index (χ1) is 12.5. The summed E-state index contributed by atoms with van der Waals surface area (Å²) < 4.78 is 0. The maximum atomic E-state index is 12.5. The molecule has 2 amide bonds. The molecule has 0 heterocycles. The Hall–Kier alpha value is -2.31. The first kappa shape index (κ1) is 20.0. The zero-order valence-corrected chi connectivity index (χ0v) is 16.0. The van der Waals surface area contributed by atoms with Crippen LogP contribution in [0.1, 0.15) is 29.8 Å². The summed E-state index contributed by atoms with van der Waals surface area (Å²) in [5.41, 5.74) is 7.66. The zero-order valence-electron chi connectivity index (χ0n) is 15.2. The summed E-state index contributed by atoms with van der Waals surface area (Å²) in [6, 6.07) is 15.0. The molecule has 26 heavy (non-hydrogen) atoms. The number of anilines is 1. The summed E-state index contributed by atoms with van der Waals surface area (Å²) in [7, 11) is 0. The SMILES string of the molecule is CCN(CC)Cc1ccc(C(=O)Nc2ccccc2SCC(N)=O)cc1. The smallest absolute Gasteiger partial charge is 0.255 e. The van der Waals surface area contributed by atoms with Crippen molar-refractivity contribution < 1.29 is 9.59 Å². The van der Waals surface area contributed by atoms with E-state index in [1.807, 2.05) is 48.5 Å². The fraction of sp³-hybridized carbons (Fsp3) is 0.300. The molecule has 0 fully saturated rings. The molecule has 138 valence electrons. The first-order valence-electron chi connectivity index (χ1n) is 8.66. The van der Waals surface area contributed by atoms with Crippen LogP contribution >= 0.6 is 11.8 Å². The molecule has 0 spiro atoms. The van der Waals surface area contributed by atoms with Crippen molar-refractivity contribution in [3.8, 4) is 0 Å². The summed E-state index contributed by atoms with van der Waals surface area (Å²) in [6.45, 7) is 7.15. The molecule has 0 unspecified atom stereocenters. The van der Waals surface area contributed by atoms with Crippen molar-refractivity contribution in [2.75, 3.05) is 24.2 Å². The van der Waals surface area contributed by atoms with Crippen LogP contribution in [0.15, 0.2) is 53.4 Å². The fourth-order valence-electron chi connectivity index (χ4n) is 2.51. The van der Waals surface area contributed by atoms with E-state index in [2.05, 4.69) is 24.1 Å². The lowest BCUT2D eigenvalue weighted by Gasteiger charge is -2.18. The van der Waals surface area contributed by atoms with Gasteiger partial charge >= 0.3 is 0 Å². The number of carbonyl (C=O) groups excluding carboxylic acids is 2. The van der Waals surface area contributed by atoms with Crippen molar-refractivity contribution in [3.05, 3.63) is 59.7 Å². The van der Waals surface area contributed by atoms with Gasteiger partial charge in [0, 0.05) is 17.0 Å². The van der Waals surface area contributed by atoms with Gasteiger partial charge in [0.1, 0.15) is 0 Å². The first-order valence-corrected chi connectivity index (χ1v) is 9.64. The van der Waals surface area contributed by atoms with Crippen molar-refractivity contribution in [1.29, 1.82) is 0 Å². The van der Waals surface area contributed by atoms with Gasteiger partial charge in [0.2, 0.25) is 5.91 Å². The maximum absolute atomic E-state index is 12.5. The average Bonchev–Trinajstić information content (AvgIpc) is 2.65. The lowest BCUT2D eigenvalue weighted by Crippen LogP contribution is -2.22. The van der Waals surface area contributed by atoms with Crippen molar-refractivity contribution in [3.63, 3.8) is 0 Å². The Bertz CT molecular complexity index is 743. The average molecular weight is 372 g/mol. The van der Waals surface area contributed by atoms with E-state index in [1.165, 1.54) is 17.3 Å². The molecule has 0 bridgehead atoms. The van der Waals surface area contributed by atoms with E-state index in [0.717, 1.165) is 24.5 Å². The molecule has 0 aliphatic rings. The van der Waals surface area contributed by atoms with Crippen LogP contribution in [0.4, 0.5) is 5.69 Å². The highest BCUT2D eigenvalue weighted by atomic mass is 32.2. The van der Waals surface area contributed by atoms with E-state index < -0.39 is 0 Å². The number of primary amides is 1. The number of thioether (sulfide) groups is 1. The maximum Gasteiger partial charge on any atom is 0.255 e. The quantitative estimate of drug-likeness (QED) is 0.663. The molecule has 5 nitrogen and oxygen atoms in total. The van der Waals surface area contributed by atoms with Crippen LogP contribution in [0.25, 0.3) is 0 Å². The van der Waals surface area contributed by atoms with Crippen LogP contribution in [-0.2, 0) is 11.3 Å². The van der Waals surface area contributed by atoms with Gasteiger partial charge in [-0.3, -0.25) is 14.5 Å². The number of nitrogens with zero attached hydrogens (tertiary/aromatic N) is 1. The summed E-state index contributed by atoms with van der Waals surface area (Å²) in [5.74, 6) is -0.390. The van der Waals surface area contributed by atoms with Crippen molar-refractivity contribution in [2.24, 2.45) is 5.73 Å². The van der Waals surface area contributed by atoms with E-state index >= 15 is 0 Å². The molecule has 0 radical (unpaired) electrons. The van der Waals surface area contributed by atoms with E-state index in [-0.39, 0.29) is 17.6 Å². The third kappa shape index (κ3) is 5.89. The number of amides is 2. The van der Waals surface area contributed by atoms with Crippen LogP contribution in [0.2, 0.25) is 0 Å². The van der Waals surface area contributed by atoms with Gasteiger partial charge < -0.3 is 11.1 Å². The second-order valence-electron chi connectivity index (χ2n) is 5.86. The van der Waals surface area contributed by atoms with Crippen molar-refractivity contribution in [1.82, 2.24) is 4.90 Å². The largest absolute Gasteiger partial charge is 0.369 e. The van der Waals surface area contributed by atoms with Crippen LogP contribution < -0.4 is 11.1 Å². The van der Waals surface area contributed by atoms with E-state index in [4.69, 9.17) is 5.73 Å². The molecular weight excluding hydrogens is 346 g/mol. The second-order valence-corrected chi connectivity index (χ2v) is 6.88. The standard InChI is InChI=1S/C20H25N3O2S/c1-3-23(4-2)13-15-9-11-16(12-10-15)20(25)22-17-7-5-6-8-18(17)26-14-19(21)24/h5-12H,3-4,13-14H2,1-2H3,(H2,21,24)(H,22,25). The van der Waals surface area contributed by atoms with E-state index in [9.17, 15) is 9.59 Å². The Morgan fingerprint density at radius 1 is 1.04 bits per heavy atom. The van der Waals surface area contributed by atoms with Crippen LogP contribution in [0.5, 0.6) is 0 Å². The minimum atomic E-state index is -0.389. The van der Waals surface area contributed by atoms with Crippen molar-refractivity contribution >= 4 is 29.3 Å². The third-order valence-corrected chi connectivity index (χ3v) is 5.12. The minimum Gasteiger partial charge on any atom is -0.369 e. The predicted octanol–water partition coefficient (Wildman–Crippen LogP) is 3.36. The van der Waals surface area contributed by atoms with Crippen LogP contribution in [0.3, 0.4) is 0 Å². The van der Waals surface area contributed by atoms with Gasteiger partial charge in [-0.15, -0.1) is 11.8 Å². The Labute approximate surface area is 159 Å². The number of hydrogen-bond donors (Lipinski definition) is 2. The Kier molecular flexibility index (Phi) is 7.69. The second kappa shape index (κ2) is 9.99. The summed E-state index contributed by atoms with van der Waals surface area (Å²) in [5, 5.41) is 2.91. The lowest BCUT2D eigenvalue weighted by molar-refractivity contribution is -0.115. The van der Waals surface area contributed by atoms with Gasteiger partial charge in [0.15, 0.2) is 0 Å². The molecule has 0 aliphatic heterocycles. The summed E-state index contributed by atoms with van der Waals surface area (Å²) >= 11 is 1.31. The van der Waals surface area contributed by atoms with Gasteiger partial charge in [0.05, 0.1) is 11.4 Å². The molecule has 2 aromatic carbocycles. The molecule has 0 atom stereocenters. The monoisotopic (exact) mass is 371 g/mol. The topological polar surface area (TPSA) is 75.4 Å². The molecular formula is C20H25N3O2S. The minimum absolute atomic E-state index is 0.174. The Morgan fingerprint density at radius 3 is 2.31 bits per heavy atom. The Morgan fingerprint density at radius 2 is 1.69 bits per heavy atom. The molecule has 2 rings (SSSR count). The van der Waals surface area contributed by atoms with Crippen LogP contribution in [-0.4, -0.2) is 35.6 Å². The number of nitrogens with one attached hydrogen (secondary N) is 1. The molecule has 0 aromatic heterocycles. The highest BCUT2D eigenvalue weighted by Gasteiger charge is 2.10. The van der Waals surface area contributed by atoms with Crippen LogP contribution in [0, 0.1) is 0 Å². The molecule has 0 saturated heterocycles. The lowest BCUT2D eigenvalue weighted by atomic mass is 10.1. The van der Waals surface area contributed by atoms with Gasteiger partial charge in [0.25, 0.3) is 5.91 Å². The summed E-state index contributed by atoms with van der Waals surface area (Å²) in [4.78, 5) is 26.7. The van der Waals surface area contributed by atoms with Gasteiger partial charge in [-0.1, -0.05) is 38.1 Å². The summed E-state index contributed by atoms with van der Waals surface area (Å²) in [6.07, 6.45) is 0. The number of rotatable bonds is 9. The molecule has 0 aliphatic carbocycles. The number of benzene rings is 2. The van der Waals surface area contributed by atoms with Gasteiger partial charge in [-0.2, -0.15) is 0 Å². The highest BCUT2D eigenvalue weighted by molar-refractivity contribution is 8.00. The molecule has 2 aromatic rings. The fourth-order valence-corrected chi connectivity index (χ4v) is 3.25. The molecule has 3 N–H and O–H groups in total. The van der Waals surface area contributed by atoms with E-state index in [0.29, 0.717) is 11.3 Å². The zero-order chi connectivity index (χ0) is 18.9. The van der Waals surface area contributed by atoms with Gasteiger partial charge in [-0.05, 0) is 42.9 Å².